The lowest BCUT2D eigenvalue weighted by Crippen LogP contribution is -2.41. The summed E-state index contributed by atoms with van der Waals surface area (Å²) in [6.07, 6.45) is 2.58. The fourth-order valence-corrected chi connectivity index (χ4v) is 5.20. The lowest BCUT2D eigenvalue weighted by atomic mass is 9.97. The molecule has 1 aromatic heterocycles. The molecule has 0 aliphatic carbocycles. The summed E-state index contributed by atoms with van der Waals surface area (Å²) in [7, 11) is 0. The number of benzene rings is 1. The van der Waals surface area contributed by atoms with E-state index in [0.717, 1.165) is 36.3 Å². The van der Waals surface area contributed by atoms with Crippen LogP contribution in [-0.4, -0.2) is 55.6 Å². The van der Waals surface area contributed by atoms with E-state index in [4.69, 9.17) is 14.7 Å². The maximum Gasteiger partial charge on any atom is 0.348 e. The number of carbonyl (C=O) groups is 3. The molecule has 1 atom stereocenters. The van der Waals surface area contributed by atoms with Crippen molar-refractivity contribution in [2.45, 2.75) is 39.5 Å². The minimum absolute atomic E-state index is 0.175. The number of nitrogens with zero attached hydrogens (tertiary/aromatic N) is 2. The van der Waals surface area contributed by atoms with Crippen LogP contribution in [0.1, 0.15) is 57.3 Å². The normalized spacial score (nSPS) is 15.7. The third-order valence-corrected chi connectivity index (χ3v) is 7.12. The second kappa shape index (κ2) is 13.0. The number of rotatable bonds is 10. The zero-order valence-electron chi connectivity index (χ0n) is 20.2. The molecule has 1 saturated heterocycles. The summed E-state index contributed by atoms with van der Waals surface area (Å²) in [5, 5.41) is 12.0. The van der Waals surface area contributed by atoms with E-state index in [-0.39, 0.29) is 35.5 Å². The van der Waals surface area contributed by atoms with Crippen LogP contribution in [0, 0.1) is 24.2 Å². The summed E-state index contributed by atoms with van der Waals surface area (Å²) in [4.78, 5) is 41.0. The lowest BCUT2D eigenvalue weighted by molar-refractivity contribution is -0.121. The highest BCUT2D eigenvalue weighted by Crippen LogP contribution is 2.35. The molecule has 1 amide bonds. The Kier molecular flexibility index (Phi) is 9.82. The molecule has 3 rings (SSSR count). The van der Waals surface area contributed by atoms with Crippen LogP contribution < -0.4 is 5.32 Å². The Morgan fingerprint density at radius 2 is 1.97 bits per heavy atom. The molecule has 2 heterocycles. The van der Waals surface area contributed by atoms with Gasteiger partial charge in [0.2, 0.25) is 5.91 Å². The SMILES string of the molecule is CCOC(=O)c1c(NC(=O)C2CCCN(CCC#N)C2)sc(C(=O)OCCc2ccccc2)c1C. The second-order valence-corrected chi connectivity index (χ2v) is 9.41. The lowest BCUT2D eigenvalue weighted by Gasteiger charge is -2.31. The smallest absolute Gasteiger partial charge is 0.348 e. The first-order valence-electron chi connectivity index (χ1n) is 11.9. The maximum atomic E-state index is 13.1. The van der Waals surface area contributed by atoms with Gasteiger partial charge in [-0.1, -0.05) is 30.3 Å². The molecule has 1 unspecified atom stereocenters. The summed E-state index contributed by atoms with van der Waals surface area (Å²) in [6.45, 7) is 5.79. The number of piperidine rings is 1. The molecule has 1 aliphatic rings. The number of nitriles is 1. The van der Waals surface area contributed by atoms with Gasteiger partial charge in [-0.2, -0.15) is 5.26 Å². The first-order chi connectivity index (χ1) is 16.9. The molecule has 0 bridgehead atoms. The predicted octanol–water partition coefficient (Wildman–Crippen LogP) is 4.20. The Hall–Kier alpha value is -3.22. The molecule has 1 fully saturated rings. The van der Waals surface area contributed by atoms with Gasteiger partial charge in [-0.15, -0.1) is 11.3 Å². The minimum Gasteiger partial charge on any atom is -0.462 e. The topological polar surface area (TPSA) is 109 Å². The molecule has 186 valence electrons. The van der Waals surface area contributed by atoms with Gasteiger partial charge < -0.3 is 19.7 Å². The van der Waals surface area contributed by atoms with E-state index in [1.807, 2.05) is 30.3 Å². The number of anilines is 1. The Bertz CT molecular complexity index is 1080. The number of ether oxygens (including phenoxy) is 2. The van der Waals surface area contributed by atoms with Gasteiger partial charge in [0.15, 0.2) is 0 Å². The van der Waals surface area contributed by atoms with Crippen molar-refractivity contribution in [2.24, 2.45) is 5.92 Å². The highest BCUT2D eigenvalue weighted by Gasteiger charge is 2.30. The highest BCUT2D eigenvalue weighted by atomic mass is 32.1. The summed E-state index contributed by atoms with van der Waals surface area (Å²) < 4.78 is 10.7. The largest absolute Gasteiger partial charge is 0.462 e. The van der Waals surface area contributed by atoms with E-state index in [0.29, 0.717) is 36.5 Å². The molecule has 2 aromatic rings. The summed E-state index contributed by atoms with van der Waals surface area (Å²) >= 11 is 1.04. The van der Waals surface area contributed by atoms with Gasteiger partial charge in [0, 0.05) is 25.9 Å². The number of amides is 1. The van der Waals surface area contributed by atoms with Gasteiger partial charge in [0.25, 0.3) is 0 Å². The van der Waals surface area contributed by atoms with Crippen molar-refractivity contribution in [1.82, 2.24) is 4.90 Å². The van der Waals surface area contributed by atoms with Crippen LogP contribution >= 0.6 is 11.3 Å². The van der Waals surface area contributed by atoms with E-state index in [1.165, 1.54) is 0 Å². The molecule has 1 aromatic carbocycles. The first kappa shape index (κ1) is 26.4. The van der Waals surface area contributed by atoms with Crippen molar-refractivity contribution in [3.05, 3.63) is 51.9 Å². The molecule has 1 aliphatic heterocycles. The minimum atomic E-state index is -0.584. The van der Waals surface area contributed by atoms with Crippen LogP contribution in [0.15, 0.2) is 30.3 Å². The summed E-state index contributed by atoms with van der Waals surface area (Å²) in [5.74, 6) is -1.59. The van der Waals surface area contributed by atoms with E-state index >= 15 is 0 Å². The van der Waals surface area contributed by atoms with Gasteiger partial charge >= 0.3 is 11.9 Å². The molecule has 0 spiro atoms. The van der Waals surface area contributed by atoms with Crippen LogP contribution in [0.4, 0.5) is 5.00 Å². The third-order valence-electron chi connectivity index (χ3n) is 5.93. The van der Waals surface area contributed by atoms with Crippen LogP contribution in [-0.2, 0) is 20.7 Å². The number of hydrogen-bond acceptors (Lipinski definition) is 8. The van der Waals surface area contributed by atoms with Gasteiger partial charge in [-0.3, -0.25) is 4.79 Å². The third kappa shape index (κ3) is 7.13. The van der Waals surface area contributed by atoms with E-state index in [1.54, 1.807) is 13.8 Å². The van der Waals surface area contributed by atoms with Gasteiger partial charge in [-0.05, 0) is 44.4 Å². The van der Waals surface area contributed by atoms with Crippen LogP contribution in [0.25, 0.3) is 0 Å². The Labute approximate surface area is 209 Å². The zero-order chi connectivity index (χ0) is 25.2. The maximum absolute atomic E-state index is 13.1. The zero-order valence-corrected chi connectivity index (χ0v) is 21.0. The molecular weight excluding hydrogens is 466 g/mol. The molecule has 1 N–H and O–H groups in total. The van der Waals surface area contributed by atoms with Crippen LogP contribution in [0.5, 0.6) is 0 Å². The van der Waals surface area contributed by atoms with Crippen molar-refractivity contribution in [3.8, 4) is 6.07 Å². The number of nitrogens with one attached hydrogen (secondary N) is 1. The molecule has 0 radical (unpaired) electrons. The summed E-state index contributed by atoms with van der Waals surface area (Å²) in [6, 6.07) is 11.8. The molecule has 8 nitrogen and oxygen atoms in total. The van der Waals surface area contributed by atoms with E-state index < -0.39 is 11.9 Å². The first-order valence-corrected chi connectivity index (χ1v) is 12.7. The standard InChI is InChI=1S/C26H31N3O5S/c1-3-33-25(31)21-18(2)22(26(32)34-16-12-19-9-5-4-6-10-19)35-24(21)28-23(30)20-11-7-14-29(17-20)15-8-13-27/h4-6,9-10,20H,3,7-8,11-12,14-17H2,1-2H3,(H,28,30). The number of hydrogen-bond donors (Lipinski definition) is 1. The Morgan fingerprint density at radius 3 is 2.69 bits per heavy atom. The number of esters is 2. The highest BCUT2D eigenvalue weighted by molar-refractivity contribution is 7.18. The van der Waals surface area contributed by atoms with Crippen LogP contribution in [0.3, 0.4) is 0 Å². The van der Waals surface area contributed by atoms with Gasteiger partial charge in [0.1, 0.15) is 9.88 Å². The Balaban J connectivity index is 1.73. The van der Waals surface area contributed by atoms with Crippen molar-refractivity contribution in [2.75, 3.05) is 38.2 Å². The molecule has 9 heteroatoms. The van der Waals surface area contributed by atoms with E-state index in [2.05, 4.69) is 16.3 Å². The monoisotopic (exact) mass is 497 g/mol. The fraction of sp³-hybridized carbons (Fsp3) is 0.462. The number of carbonyl (C=O) groups excluding carboxylic acids is 3. The average molecular weight is 498 g/mol. The van der Waals surface area contributed by atoms with Crippen molar-refractivity contribution >= 4 is 34.2 Å². The molecular formula is C26H31N3O5S. The molecule has 0 saturated carbocycles. The average Bonchev–Trinajstić information content (AvgIpc) is 3.19. The van der Waals surface area contributed by atoms with Gasteiger partial charge in [0.05, 0.1) is 30.8 Å². The Morgan fingerprint density at radius 1 is 1.20 bits per heavy atom. The second-order valence-electron chi connectivity index (χ2n) is 8.39. The quantitative estimate of drug-likeness (QED) is 0.490. The number of thiophene rings is 1. The predicted molar refractivity (Wildman–Crippen MR) is 133 cm³/mol. The van der Waals surface area contributed by atoms with Gasteiger partial charge in [-0.25, -0.2) is 9.59 Å². The fourth-order valence-electron chi connectivity index (χ4n) is 4.11. The number of likely N-dealkylation sites (tertiary alicyclic amines) is 1. The van der Waals surface area contributed by atoms with Crippen molar-refractivity contribution in [1.29, 1.82) is 5.26 Å². The van der Waals surface area contributed by atoms with Crippen LogP contribution in [0.2, 0.25) is 0 Å². The van der Waals surface area contributed by atoms with E-state index in [9.17, 15) is 14.4 Å². The van der Waals surface area contributed by atoms with Crippen molar-refractivity contribution in [3.63, 3.8) is 0 Å². The van der Waals surface area contributed by atoms with Crippen molar-refractivity contribution < 1.29 is 23.9 Å². The molecule has 35 heavy (non-hydrogen) atoms. The summed E-state index contributed by atoms with van der Waals surface area (Å²) in [5.41, 5.74) is 1.68.